The Morgan fingerprint density at radius 3 is 2.62 bits per heavy atom. The molecule has 1 aromatic carbocycles. The van der Waals surface area contributed by atoms with Crippen LogP contribution in [0.4, 0.5) is 4.39 Å². The van der Waals surface area contributed by atoms with E-state index in [-0.39, 0.29) is 31.1 Å². The zero-order valence-electron chi connectivity index (χ0n) is 25.6. The van der Waals surface area contributed by atoms with Crippen molar-refractivity contribution in [2.24, 2.45) is 0 Å². The van der Waals surface area contributed by atoms with Crippen LogP contribution in [0.25, 0.3) is 15.2 Å². The third-order valence-electron chi connectivity index (χ3n) is 8.54. The number of aryl methyl sites for hydroxylation is 1. The average molecular weight is 642 g/mol. The van der Waals surface area contributed by atoms with Crippen LogP contribution in [0.3, 0.4) is 0 Å². The fraction of sp³-hybridized carbons (Fsp3) is 0.484. The molecule has 0 saturated carbocycles. The smallest absolute Gasteiger partial charge is 0.333 e. The molecule has 1 unspecified atom stereocenters. The van der Waals surface area contributed by atoms with Gasteiger partial charge in [-0.2, -0.15) is 5.10 Å². The van der Waals surface area contributed by atoms with Crippen LogP contribution < -0.4 is 16.0 Å². The molecule has 240 valence electrons. The van der Waals surface area contributed by atoms with Crippen LogP contribution in [0.2, 0.25) is 0 Å². The summed E-state index contributed by atoms with van der Waals surface area (Å²) in [5.74, 6) is -0.567. The molecule has 0 aliphatic carbocycles. The van der Waals surface area contributed by atoms with Crippen LogP contribution >= 0.6 is 11.3 Å². The number of ether oxygens (including phenoxy) is 3. The van der Waals surface area contributed by atoms with Gasteiger partial charge in [-0.3, -0.25) is 14.2 Å². The highest BCUT2D eigenvalue weighted by Crippen LogP contribution is 2.36. The second kappa shape index (κ2) is 12.2. The molecule has 1 amide bonds. The summed E-state index contributed by atoms with van der Waals surface area (Å²) in [6.07, 6.45) is 2.86. The van der Waals surface area contributed by atoms with Crippen LogP contribution in [0, 0.1) is 12.7 Å². The van der Waals surface area contributed by atoms with Gasteiger partial charge in [0.1, 0.15) is 33.0 Å². The molecular formula is C31H36FN5O7S. The number of carbonyl (C=O) groups excluding carboxylic acids is 1. The molecule has 0 spiro atoms. The number of halogens is 1. The Bertz CT molecular complexity index is 1840. The Kier molecular flexibility index (Phi) is 8.41. The molecule has 12 nitrogen and oxygen atoms in total. The normalized spacial score (nSPS) is 17.1. The maximum Gasteiger partial charge on any atom is 0.333 e. The van der Waals surface area contributed by atoms with Crippen LogP contribution in [0.5, 0.6) is 5.75 Å². The molecule has 1 atom stereocenters. The number of likely N-dealkylation sites (tertiary alicyclic amines) is 1. The van der Waals surface area contributed by atoms with Crippen molar-refractivity contribution in [1.82, 2.24) is 23.8 Å². The van der Waals surface area contributed by atoms with Gasteiger partial charge in [-0.1, -0.05) is 11.3 Å². The maximum atomic E-state index is 14.7. The Morgan fingerprint density at radius 1 is 1.24 bits per heavy atom. The molecule has 4 aromatic rings. The van der Waals surface area contributed by atoms with E-state index < -0.39 is 40.7 Å². The first-order valence-electron chi connectivity index (χ1n) is 14.8. The fourth-order valence-corrected chi connectivity index (χ4v) is 7.33. The topological polar surface area (TPSA) is 130 Å². The Labute approximate surface area is 262 Å². The Morgan fingerprint density at radius 2 is 1.98 bits per heavy atom. The summed E-state index contributed by atoms with van der Waals surface area (Å²) in [5.41, 5.74) is -1.90. The highest BCUT2D eigenvalue weighted by Gasteiger charge is 2.42. The Hall–Kier alpha value is -3.85. The number of fused-ring (bicyclic) bond motifs is 1. The lowest BCUT2D eigenvalue weighted by Crippen LogP contribution is -2.62. The van der Waals surface area contributed by atoms with Gasteiger partial charge in [0.2, 0.25) is 5.91 Å². The first kappa shape index (κ1) is 31.1. The third-order valence-corrected chi connectivity index (χ3v) is 9.85. The summed E-state index contributed by atoms with van der Waals surface area (Å²) < 4.78 is 36.4. The average Bonchev–Trinajstić information content (AvgIpc) is 3.65. The van der Waals surface area contributed by atoms with E-state index in [1.807, 2.05) is 0 Å². The van der Waals surface area contributed by atoms with E-state index in [0.29, 0.717) is 52.8 Å². The molecule has 0 radical (unpaired) electrons. The predicted octanol–water partition coefficient (Wildman–Crippen LogP) is 2.74. The zero-order chi connectivity index (χ0) is 32.0. The first-order chi connectivity index (χ1) is 21.5. The lowest BCUT2D eigenvalue weighted by molar-refractivity contribution is -0.149. The number of aliphatic hydroxyl groups excluding tert-OH is 1. The minimum absolute atomic E-state index is 0.0992. The van der Waals surface area contributed by atoms with Crippen molar-refractivity contribution in [3.63, 3.8) is 0 Å². The molecule has 3 aromatic heterocycles. The number of carbonyl (C=O) groups is 1. The molecule has 2 fully saturated rings. The van der Waals surface area contributed by atoms with Gasteiger partial charge in [0.25, 0.3) is 5.56 Å². The van der Waals surface area contributed by atoms with Gasteiger partial charge < -0.3 is 24.2 Å². The van der Waals surface area contributed by atoms with E-state index in [1.54, 1.807) is 30.1 Å². The molecule has 2 aliphatic rings. The van der Waals surface area contributed by atoms with E-state index in [0.717, 1.165) is 4.57 Å². The third kappa shape index (κ3) is 5.60. The molecule has 2 saturated heterocycles. The number of hydrogen-bond donors (Lipinski definition) is 1. The van der Waals surface area contributed by atoms with Crippen molar-refractivity contribution in [3.05, 3.63) is 74.4 Å². The van der Waals surface area contributed by atoms with Crippen molar-refractivity contribution in [2.75, 3.05) is 33.4 Å². The van der Waals surface area contributed by atoms with Crippen LogP contribution in [0.15, 0.2) is 46.2 Å². The van der Waals surface area contributed by atoms with Gasteiger partial charge in [0.05, 0.1) is 31.2 Å². The molecule has 1 N–H and O–H groups in total. The summed E-state index contributed by atoms with van der Waals surface area (Å²) >= 11 is 1.22. The quantitative estimate of drug-likeness (QED) is 0.296. The van der Waals surface area contributed by atoms with Gasteiger partial charge in [0, 0.05) is 49.8 Å². The Balaban J connectivity index is 1.57. The van der Waals surface area contributed by atoms with E-state index in [9.17, 15) is 23.9 Å². The standard InChI is InChI=1S/C31H36FN5O7S/c1-18-25-26(39)37(31(2,3)29(40)34-15-20(38)16-34)30(41)35(28(25)45-27(18)36-11-5-10-33-36)17-24(44-21-8-12-43-13-9-21)22-14-19(32)6-7-23(22)42-4/h5-7,10-11,14,20-21,24,38H,8-9,12-13,15-17H2,1-4H3. The highest BCUT2D eigenvalue weighted by atomic mass is 32.1. The largest absolute Gasteiger partial charge is 0.496 e. The van der Waals surface area contributed by atoms with Crippen molar-refractivity contribution in [1.29, 1.82) is 0 Å². The van der Waals surface area contributed by atoms with Crippen molar-refractivity contribution in [3.8, 4) is 10.8 Å². The number of aliphatic hydroxyl groups is 1. The number of methoxy groups -OCH3 is 1. The van der Waals surface area contributed by atoms with Crippen molar-refractivity contribution in [2.45, 2.75) is 64.0 Å². The fourth-order valence-electron chi connectivity index (χ4n) is 6.08. The number of benzene rings is 1. The summed E-state index contributed by atoms with van der Waals surface area (Å²) in [4.78, 5) is 44.3. The number of thiophene rings is 1. The van der Waals surface area contributed by atoms with Gasteiger partial charge in [0.15, 0.2) is 0 Å². The van der Waals surface area contributed by atoms with Crippen molar-refractivity contribution >= 4 is 27.5 Å². The number of hydrogen-bond acceptors (Lipinski definition) is 9. The monoisotopic (exact) mass is 641 g/mol. The lowest BCUT2D eigenvalue weighted by atomic mass is 9.99. The van der Waals surface area contributed by atoms with Gasteiger partial charge in [-0.25, -0.2) is 18.4 Å². The second-order valence-electron chi connectivity index (χ2n) is 11.9. The summed E-state index contributed by atoms with van der Waals surface area (Å²) in [5, 5.41) is 15.1. The van der Waals surface area contributed by atoms with E-state index >= 15 is 0 Å². The summed E-state index contributed by atoms with van der Waals surface area (Å²) in [6.45, 7) is 5.99. The SMILES string of the molecule is COc1ccc(F)cc1C(Cn1c(=O)n(C(C)(C)C(=O)N2CC(O)C2)c(=O)c2c(C)c(-n3cccn3)sc21)OC1CCOCC1. The number of amides is 1. The second-order valence-corrected chi connectivity index (χ2v) is 12.9. The van der Waals surface area contributed by atoms with Crippen molar-refractivity contribution < 1.29 is 28.5 Å². The van der Waals surface area contributed by atoms with Crippen LogP contribution in [0.1, 0.15) is 43.9 Å². The van der Waals surface area contributed by atoms with Gasteiger partial charge in [-0.15, -0.1) is 0 Å². The van der Waals surface area contributed by atoms with Gasteiger partial charge in [-0.05, 0) is 57.9 Å². The summed E-state index contributed by atoms with van der Waals surface area (Å²) in [6, 6.07) is 5.89. The number of nitrogens with zero attached hydrogens (tertiary/aromatic N) is 5. The van der Waals surface area contributed by atoms with E-state index in [2.05, 4.69) is 5.10 Å². The maximum absolute atomic E-state index is 14.7. The lowest BCUT2D eigenvalue weighted by Gasteiger charge is -2.41. The minimum atomic E-state index is -1.59. The highest BCUT2D eigenvalue weighted by molar-refractivity contribution is 7.21. The molecule has 0 bridgehead atoms. The molecule has 2 aliphatic heterocycles. The number of rotatable bonds is 9. The predicted molar refractivity (Wildman–Crippen MR) is 165 cm³/mol. The molecule has 45 heavy (non-hydrogen) atoms. The molecule has 5 heterocycles. The van der Waals surface area contributed by atoms with Crippen LogP contribution in [-0.2, 0) is 26.4 Å². The minimum Gasteiger partial charge on any atom is -0.496 e. The molecular weight excluding hydrogens is 605 g/mol. The number of aromatic nitrogens is 4. The number of β-amino-alcohol motifs (C(OH)–C–C–N with tert-alkyl or cyclic N) is 1. The molecule has 6 rings (SSSR count). The van der Waals surface area contributed by atoms with E-state index in [4.69, 9.17) is 14.2 Å². The van der Waals surface area contributed by atoms with E-state index in [1.165, 1.54) is 60.0 Å². The van der Waals surface area contributed by atoms with Gasteiger partial charge >= 0.3 is 5.69 Å². The summed E-state index contributed by atoms with van der Waals surface area (Å²) in [7, 11) is 1.48. The first-order valence-corrected chi connectivity index (χ1v) is 15.7. The molecule has 14 heteroatoms. The van der Waals surface area contributed by atoms with Crippen LogP contribution in [-0.4, -0.2) is 80.4 Å². The zero-order valence-corrected chi connectivity index (χ0v) is 26.4.